The van der Waals surface area contributed by atoms with Gasteiger partial charge in [0.05, 0.1) is 6.26 Å². The Bertz CT molecular complexity index is 333. The second-order valence-corrected chi connectivity index (χ2v) is 5.78. The molecule has 0 aromatic heterocycles. The molecule has 12 heavy (non-hydrogen) atoms. The average molecular weight is 223 g/mol. The van der Waals surface area contributed by atoms with E-state index in [9.17, 15) is 25.6 Å². The first kappa shape index (κ1) is 11.7. The van der Waals surface area contributed by atoms with Crippen molar-refractivity contribution in [3.05, 3.63) is 0 Å². The highest BCUT2D eigenvalue weighted by molar-refractivity contribution is 8.04. The van der Waals surface area contributed by atoms with Crippen molar-refractivity contribution in [2.45, 2.75) is 5.50 Å². The lowest BCUT2D eigenvalue weighted by Gasteiger charge is -2.05. The van der Waals surface area contributed by atoms with E-state index in [1.165, 1.54) is 0 Å². The van der Waals surface area contributed by atoms with Crippen molar-refractivity contribution in [2.75, 3.05) is 12.9 Å². The van der Waals surface area contributed by atoms with Gasteiger partial charge in [-0.1, -0.05) is 0 Å². The third-order valence-electron chi connectivity index (χ3n) is 0.726. The Hall–Kier alpha value is -0.280. The van der Waals surface area contributed by atoms with Gasteiger partial charge in [0.1, 0.15) is 6.67 Å². The molecule has 5 nitrogen and oxygen atoms in total. The molecular weight excluding hydrogens is 216 g/mol. The normalized spacial score (nSPS) is 15.9. The number of hydrogen-bond acceptors (Lipinski definition) is 4. The van der Waals surface area contributed by atoms with Gasteiger partial charge in [-0.25, -0.2) is 25.6 Å². The highest BCUT2D eigenvalue weighted by Gasteiger charge is 2.27. The Morgan fingerprint density at radius 3 is 2.00 bits per heavy atom. The molecule has 0 aromatic carbocycles. The van der Waals surface area contributed by atoms with Crippen LogP contribution >= 0.6 is 0 Å². The Morgan fingerprint density at radius 2 is 1.75 bits per heavy atom. The second kappa shape index (κ2) is 3.62. The maximum atomic E-state index is 12.2. The van der Waals surface area contributed by atoms with Crippen LogP contribution in [0.2, 0.25) is 0 Å². The number of hydrogen-bond donors (Lipinski definition) is 1. The number of alkyl halides is 2. The molecule has 0 aromatic rings. The predicted molar refractivity (Wildman–Crippen MR) is 37.8 cm³/mol. The summed E-state index contributed by atoms with van der Waals surface area (Å²) in [6.45, 7) is -1.79. The van der Waals surface area contributed by atoms with Crippen molar-refractivity contribution < 1.29 is 25.6 Å². The van der Waals surface area contributed by atoms with Crippen LogP contribution in [-0.4, -0.2) is 35.3 Å². The Labute approximate surface area is 68.9 Å². The number of nitrogens with one attached hydrogen (secondary N) is 1. The van der Waals surface area contributed by atoms with Gasteiger partial charge >= 0.3 is 0 Å². The van der Waals surface area contributed by atoms with E-state index in [1.807, 2.05) is 0 Å². The zero-order chi connectivity index (χ0) is 9.99. The molecule has 0 saturated heterocycles. The number of sulfonamides is 2. The van der Waals surface area contributed by atoms with Crippen LogP contribution in [-0.2, 0) is 20.0 Å². The lowest BCUT2D eigenvalue weighted by Crippen LogP contribution is -2.36. The van der Waals surface area contributed by atoms with Gasteiger partial charge in [0.15, 0.2) is 0 Å². The average Bonchev–Trinajstić information content (AvgIpc) is 1.80. The van der Waals surface area contributed by atoms with Crippen molar-refractivity contribution in [3.8, 4) is 0 Å². The topological polar surface area (TPSA) is 80.3 Å². The van der Waals surface area contributed by atoms with Crippen molar-refractivity contribution in [2.24, 2.45) is 0 Å². The van der Waals surface area contributed by atoms with Crippen LogP contribution in [0.25, 0.3) is 0 Å². The summed E-state index contributed by atoms with van der Waals surface area (Å²) < 4.78 is 66.1. The molecule has 0 radical (unpaired) electrons. The van der Waals surface area contributed by atoms with Gasteiger partial charge in [-0.15, -0.1) is 4.13 Å². The summed E-state index contributed by atoms with van der Waals surface area (Å²) in [6.07, 6.45) is 0.523. The van der Waals surface area contributed by atoms with Gasteiger partial charge in [-0.2, -0.15) is 0 Å². The molecule has 0 aliphatic carbocycles. The third-order valence-corrected chi connectivity index (χ3v) is 3.67. The second-order valence-electron chi connectivity index (χ2n) is 1.96. The van der Waals surface area contributed by atoms with E-state index in [2.05, 4.69) is 0 Å². The molecule has 9 heteroatoms. The van der Waals surface area contributed by atoms with Crippen molar-refractivity contribution in [1.29, 1.82) is 0 Å². The van der Waals surface area contributed by atoms with Crippen molar-refractivity contribution >= 4 is 20.0 Å². The summed E-state index contributed by atoms with van der Waals surface area (Å²) in [5.74, 6) is 0. The Morgan fingerprint density at radius 1 is 1.33 bits per heavy atom. The van der Waals surface area contributed by atoms with Gasteiger partial charge in [-0.3, -0.25) is 0 Å². The molecule has 0 spiro atoms. The Balaban J connectivity index is 4.69. The molecule has 0 bridgehead atoms. The minimum absolute atomic E-state index is 0.523. The van der Waals surface area contributed by atoms with E-state index in [1.54, 1.807) is 0 Å². The van der Waals surface area contributed by atoms with Crippen LogP contribution in [0.1, 0.15) is 0 Å². The highest BCUT2D eigenvalue weighted by Crippen LogP contribution is 2.02. The molecule has 1 unspecified atom stereocenters. The smallest absolute Gasteiger partial charge is 0.247 e. The standard InChI is InChI=1S/C3H7F2NO4S2/c1-11(7,8)6-12(9,10)3(5)2-4/h3,6H,2H2,1H3. The first-order valence-electron chi connectivity index (χ1n) is 2.61. The maximum Gasteiger partial charge on any atom is 0.259 e. The SMILES string of the molecule is CS(=O)(=O)NS(=O)(=O)C(F)CF. The molecule has 0 heterocycles. The first-order valence-corrected chi connectivity index (χ1v) is 6.05. The van der Waals surface area contributed by atoms with E-state index in [0.29, 0.717) is 6.26 Å². The zero-order valence-electron chi connectivity index (χ0n) is 5.99. The van der Waals surface area contributed by atoms with E-state index in [0.717, 1.165) is 4.13 Å². The van der Waals surface area contributed by atoms with E-state index < -0.39 is 32.2 Å². The van der Waals surface area contributed by atoms with E-state index in [-0.39, 0.29) is 0 Å². The maximum absolute atomic E-state index is 12.2. The van der Waals surface area contributed by atoms with Crippen LogP contribution in [0.3, 0.4) is 0 Å². The van der Waals surface area contributed by atoms with Crippen LogP contribution in [0.4, 0.5) is 8.78 Å². The molecule has 0 amide bonds. The van der Waals surface area contributed by atoms with Gasteiger partial charge in [0, 0.05) is 0 Å². The molecular formula is C3H7F2NO4S2. The van der Waals surface area contributed by atoms with Crippen LogP contribution < -0.4 is 4.13 Å². The number of halogens is 2. The van der Waals surface area contributed by atoms with Gasteiger partial charge < -0.3 is 0 Å². The van der Waals surface area contributed by atoms with E-state index in [4.69, 9.17) is 0 Å². The molecule has 1 atom stereocenters. The molecule has 0 fully saturated rings. The fourth-order valence-corrected chi connectivity index (χ4v) is 2.62. The number of rotatable bonds is 4. The summed E-state index contributed by atoms with van der Waals surface area (Å²) in [7, 11) is -8.83. The summed E-state index contributed by atoms with van der Waals surface area (Å²) >= 11 is 0. The van der Waals surface area contributed by atoms with Crippen molar-refractivity contribution in [3.63, 3.8) is 0 Å². The summed E-state index contributed by atoms with van der Waals surface area (Å²) in [6, 6.07) is 0. The zero-order valence-corrected chi connectivity index (χ0v) is 7.62. The molecule has 0 aliphatic rings. The van der Waals surface area contributed by atoms with Crippen LogP contribution in [0.5, 0.6) is 0 Å². The van der Waals surface area contributed by atoms with Crippen LogP contribution in [0.15, 0.2) is 0 Å². The van der Waals surface area contributed by atoms with Gasteiger partial charge in [0.25, 0.3) is 10.0 Å². The monoisotopic (exact) mass is 223 g/mol. The van der Waals surface area contributed by atoms with Crippen LogP contribution in [0, 0.1) is 0 Å². The highest BCUT2D eigenvalue weighted by atomic mass is 32.3. The summed E-state index contributed by atoms with van der Waals surface area (Å²) in [5, 5.41) is 0. The fourth-order valence-electron chi connectivity index (χ4n) is 0.346. The van der Waals surface area contributed by atoms with Gasteiger partial charge in [0.2, 0.25) is 15.5 Å². The molecule has 1 N–H and O–H groups in total. The fraction of sp³-hybridized carbons (Fsp3) is 1.00. The molecule has 0 aliphatic heterocycles. The quantitative estimate of drug-likeness (QED) is 0.671. The summed E-state index contributed by atoms with van der Waals surface area (Å²) in [5.41, 5.74) is -2.85. The lowest BCUT2D eigenvalue weighted by molar-refractivity contribution is 0.330. The Kier molecular flexibility index (Phi) is 3.54. The molecule has 74 valence electrons. The third kappa shape index (κ3) is 3.93. The predicted octanol–water partition coefficient (Wildman–Crippen LogP) is -0.869. The van der Waals surface area contributed by atoms with Crippen molar-refractivity contribution in [1.82, 2.24) is 4.13 Å². The van der Waals surface area contributed by atoms with Gasteiger partial charge in [-0.05, 0) is 0 Å². The largest absolute Gasteiger partial charge is 0.259 e. The minimum Gasteiger partial charge on any atom is -0.247 e. The lowest BCUT2D eigenvalue weighted by atomic mass is 10.9. The van der Waals surface area contributed by atoms with E-state index >= 15 is 0 Å². The first-order chi connectivity index (χ1) is 5.19. The minimum atomic E-state index is -4.75. The molecule has 0 saturated carbocycles. The summed E-state index contributed by atoms with van der Waals surface area (Å²) in [4.78, 5) is 0. The molecule has 0 rings (SSSR count).